The molecule has 1 fully saturated rings. The molecule has 4 heteroatoms. The summed E-state index contributed by atoms with van der Waals surface area (Å²) >= 11 is 0. The lowest BCUT2D eigenvalue weighted by molar-refractivity contribution is -0.131. The average molecular weight is 190 g/mol. The zero-order valence-electron chi connectivity index (χ0n) is 7.64. The Labute approximate surface area is 81.4 Å². The lowest BCUT2D eigenvalue weighted by Gasteiger charge is -2.18. The molecule has 0 atom stereocenters. The van der Waals surface area contributed by atoms with Crippen LogP contribution in [0, 0.1) is 0 Å². The summed E-state index contributed by atoms with van der Waals surface area (Å²) in [6.07, 6.45) is 6.14. The first kappa shape index (κ1) is 8.99. The molecule has 2 rings (SSSR count). The van der Waals surface area contributed by atoms with E-state index in [2.05, 4.69) is 9.97 Å². The van der Waals surface area contributed by atoms with Crippen molar-refractivity contribution < 1.29 is 9.59 Å². The molecule has 0 N–H and O–H groups in total. The predicted octanol–water partition coefficient (Wildman–Crippen LogP) is 0.882. The van der Waals surface area contributed by atoms with E-state index in [0.717, 1.165) is 0 Å². The number of Topliss-reactive ketones (excluding diaryl/α,β-unsaturated/α-hetero) is 2. The summed E-state index contributed by atoms with van der Waals surface area (Å²) in [5.41, 5.74) is 0.627. The first-order valence-electron chi connectivity index (χ1n) is 4.59. The first-order chi connectivity index (χ1) is 6.79. The van der Waals surface area contributed by atoms with Crippen LogP contribution in [0.3, 0.4) is 0 Å². The van der Waals surface area contributed by atoms with Gasteiger partial charge in [0.1, 0.15) is 23.8 Å². The van der Waals surface area contributed by atoms with Crippen molar-refractivity contribution in [2.45, 2.75) is 25.2 Å². The number of carbonyl (C=O) groups excluding carboxylic acids is 2. The molecule has 1 aromatic rings. The van der Waals surface area contributed by atoms with E-state index in [1.54, 1.807) is 12.4 Å². The molecule has 1 aromatic heterocycles. The molecule has 1 heterocycles. The largest absolute Gasteiger partial charge is 0.299 e. The van der Waals surface area contributed by atoms with Crippen LogP contribution in [-0.2, 0) is 9.59 Å². The van der Waals surface area contributed by atoms with E-state index in [-0.39, 0.29) is 11.6 Å². The van der Waals surface area contributed by atoms with Crippen molar-refractivity contribution >= 4 is 11.6 Å². The molecular formula is C10H10N2O2. The van der Waals surface area contributed by atoms with Crippen LogP contribution < -0.4 is 0 Å². The van der Waals surface area contributed by atoms with Gasteiger partial charge in [-0.2, -0.15) is 0 Å². The number of rotatable bonds is 1. The van der Waals surface area contributed by atoms with Crippen molar-refractivity contribution in [3.05, 3.63) is 24.3 Å². The highest BCUT2D eigenvalue weighted by molar-refractivity contribution is 6.09. The van der Waals surface area contributed by atoms with Crippen molar-refractivity contribution in [3.63, 3.8) is 0 Å². The molecule has 0 saturated heterocycles. The fourth-order valence-electron chi connectivity index (χ4n) is 1.74. The van der Waals surface area contributed by atoms with Gasteiger partial charge < -0.3 is 0 Å². The highest BCUT2D eigenvalue weighted by Crippen LogP contribution is 2.25. The molecule has 1 aliphatic rings. The van der Waals surface area contributed by atoms with Crippen LogP contribution in [-0.4, -0.2) is 21.5 Å². The Morgan fingerprint density at radius 1 is 1.07 bits per heavy atom. The lowest BCUT2D eigenvalue weighted by Crippen LogP contribution is -2.26. The SMILES string of the molecule is O=C1CCCC(=O)C1c1cncnc1. The second-order valence-electron chi connectivity index (χ2n) is 3.39. The standard InChI is InChI=1S/C10H10N2O2/c13-8-2-1-3-9(14)10(8)7-4-11-6-12-5-7/h4-6,10H,1-3H2. The maximum absolute atomic E-state index is 11.5. The molecule has 0 aromatic carbocycles. The molecule has 14 heavy (non-hydrogen) atoms. The molecule has 4 nitrogen and oxygen atoms in total. The fourth-order valence-corrected chi connectivity index (χ4v) is 1.74. The van der Waals surface area contributed by atoms with Crippen molar-refractivity contribution in [1.29, 1.82) is 0 Å². The van der Waals surface area contributed by atoms with Crippen molar-refractivity contribution in [3.8, 4) is 0 Å². The minimum atomic E-state index is -0.607. The van der Waals surface area contributed by atoms with Gasteiger partial charge in [-0.3, -0.25) is 9.59 Å². The van der Waals surface area contributed by atoms with Crippen LogP contribution in [0.1, 0.15) is 30.7 Å². The van der Waals surface area contributed by atoms with Gasteiger partial charge in [-0.25, -0.2) is 9.97 Å². The summed E-state index contributed by atoms with van der Waals surface area (Å²) < 4.78 is 0. The molecule has 0 spiro atoms. The topological polar surface area (TPSA) is 59.9 Å². The number of carbonyl (C=O) groups is 2. The summed E-state index contributed by atoms with van der Waals surface area (Å²) in [6.45, 7) is 0. The minimum absolute atomic E-state index is 0.00366. The molecule has 0 bridgehead atoms. The summed E-state index contributed by atoms with van der Waals surface area (Å²) in [5.74, 6) is -0.614. The van der Waals surface area contributed by atoms with Gasteiger partial charge in [0.05, 0.1) is 0 Å². The number of nitrogens with zero attached hydrogens (tertiary/aromatic N) is 2. The second kappa shape index (κ2) is 3.65. The highest BCUT2D eigenvalue weighted by Gasteiger charge is 2.31. The Morgan fingerprint density at radius 3 is 2.21 bits per heavy atom. The van der Waals surface area contributed by atoms with Gasteiger partial charge in [-0.15, -0.1) is 0 Å². The quantitative estimate of drug-likeness (QED) is 0.617. The van der Waals surface area contributed by atoms with Gasteiger partial charge in [0.15, 0.2) is 0 Å². The highest BCUT2D eigenvalue weighted by atomic mass is 16.2. The molecule has 0 radical (unpaired) electrons. The van der Waals surface area contributed by atoms with Crippen LogP contribution in [0.2, 0.25) is 0 Å². The van der Waals surface area contributed by atoms with Gasteiger partial charge in [-0.05, 0) is 6.42 Å². The third kappa shape index (κ3) is 1.55. The second-order valence-corrected chi connectivity index (χ2v) is 3.39. The molecule has 1 aliphatic carbocycles. The smallest absolute Gasteiger partial charge is 0.147 e. The van der Waals surface area contributed by atoms with E-state index in [1.807, 2.05) is 0 Å². The third-order valence-electron chi connectivity index (χ3n) is 2.40. The molecular weight excluding hydrogens is 180 g/mol. The number of hydrogen-bond acceptors (Lipinski definition) is 4. The first-order valence-corrected chi connectivity index (χ1v) is 4.59. The van der Waals surface area contributed by atoms with Crippen LogP contribution in [0.25, 0.3) is 0 Å². The zero-order valence-corrected chi connectivity index (χ0v) is 7.64. The lowest BCUT2D eigenvalue weighted by atomic mass is 9.83. The fraction of sp³-hybridized carbons (Fsp3) is 0.400. The predicted molar refractivity (Wildman–Crippen MR) is 48.6 cm³/mol. The van der Waals surface area contributed by atoms with Gasteiger partial charge in [0.25, 0.3) is 0 Å². The number of aromatic nitrogens is 2. The van der Waals surface area contributed by atoms with E-state index >= 15 is 0 Å². The number of ketones is 2. The molecule has 1 saturated carbocycles. The molecule has 72 valence electrons. The van der Waals surface area contributed by atoms with E-state index in [9.17, 15) is 9.59 Å². The van der Waals surface area contributed by atoms with Crippen LogP contribution in [0.15, 0.2) is 18.7 Å². The van der Waals surface area contributed by atoms with E-state index in [4.69, 9.17) is 0 Å². The van der Waals surface area contributed by atoms with E-state index in [1.165, 1.54) is 6.33 Å². The van der Waals surface area contributed by atoms with E-state index in [0.29, 0.717) is 24.8 Å². The molecule has 0 unspecified atom stereocenters. The Morgan fingerprint density at radius 2 is 1.64 bits per heavy atom. The Bertz CT molecular complexity index is 346. The van der Waals surface area contributed by atoms with Crippen LogP contribution in [0.5, 0.6) is 0 Å². The van der Waals surface area contributed by atoms with Crippen molar-refractivity contribution in [1.82, 2.24) is 9.97 Å². The Balaban J connectivity index is 2.32. The minimum Gasteiger partial charge on any atom is -0.299 e. The van der Waals surface area contributed by atoms with Gasteiger partial charge >= 0.3 is 0 Å². The Hall–Kier alpha value is -1.58. The van der Waals surface area contributed by atoms with Crippen LogP contribution >= 0.6 is 0 Å². The average Bonchev–Trinajstić information content (AvgIpc) is 2.19. The maximum Gasteiger partial charge on any atom is 0.147 e. The maximum atomic E-state index is 11.5. The van der Waals surface area contributed by atoms with Crippen molar-refractivity contribution in [2.24, 2.45) is 0 Å². The van der Waals surface area contributed by atoms with Gasteiger partial charge in [0, 0.05) is 30.8 Å². The molecule has 0 amide bonds. The summed E-state index contributed by atoms with van der Waals surface area (Å²) in [5, 5.41) is 0. The number of hydrogen-bond donors (Lipinski definition) is 0. The van der Waals surface area contributed by atoms with Crippen molar-refractivity contribution in [2.75, 3.05) is 0 Å². The van der Waals surface area contributed by atoms with Gasteiger partial charge in [-0.1, -0.05) is 0 Å². The summed E-state index contributed by atoms with van der Waals surface area (Å²) in [4.78, 5) is 30.7. The summed E-state index contributed by atoms with van der Waals surface area (Å²) in [6, 6.07) is 0. The molecule has 0 aliphatic heterocycles. The normalized spacial score (nSPS) is 18.6. The Kier molecular flexibility index (Phi) is 2.35. The monoisotopic (exact) mass is 190 g/mol. The summed E-state index contributed by atoms with van der Waals surface area (Å²) in [7, 11) is 0. The zero-order chi connectivity index (χ0) is 9.97. The van der Waals surface area contributed by atoms with Gasteiger partial charge in [0.2, 0.25) is 0 Å². The third-order valence-corrected chi connectivity index (χ3v) is 2.40. The van der Waals surface area contributed by atoms with E-state index < -0.39 is 5.92 Å². The van der Waals surface area contributed by atoms with Crippen LogP contribution in [0.4, 0.5) is 0 Å².